The number of amides is 4. The fourth-order valence-corrected chi connectivity index (χ4v) is 5.52. The average molecular weight is 638 g/mol. The summed E-state index contributed by atoms with van der Waals surface area (Å²) in [6, 6.07) is 30.0. The van der Waals surface area contributed by atoms with Crippen LogP contribution in [0, 0.1) is 6.92 Å². The molecule has 6 rings (SSSR count). The lowest BCUT2D eigenvalue weighted by Gasteiger charge is -2.26. The molecular formula is C36H26Cl2N2O5. The Balaban J connectivity index is 1.21. The van der Waals surface area contributed by atoms with Crippen LogP contribution in [-0.2, 0) is 22.8 Å². The maximum Gasteiger partial charge on any atom is 0.335 e. The molecule has 5 aromatic rings. The topological polar surface area (TPSA) is 84.9 Å². The highest BCUT2D eigenvalue weighted by Crippen LogP contribution is 2.29. The van der Waals surface area contributed by atoms with Gasteiger partial charge in [-0.25, -0.2) is 9.69 Å². The van der Waals surface area contributed by atoms with Crippen molar-refractivity contribution in [1.82, 2.24) is 5.32 Å². The van der Waals surface area contributed by atoms with Gasteiger partial charge < -0.3 is 9.47 Å². The number of nitrogens with one attached hydrogen (secondary N) is 1. The highest BCUT2D eigenvalue weighted by molar-refractivity contribution is 6.39. The lowest BCUT2D eigenvalue weighted by molar-refractivity contribution is -0.122. The van der Waals surface area contributed by atoms with E-state index in [4.69, 9.17) is 32.7 Å². The zero-order valence-corrected chi connectivity index (χ0v) is 25.6. The number of nitrogens with zero attached hydrogens (tertiary/aromatic N) is 1. The Morgan fingerprint density at radius 2 is 1.56 bits per heavy atom. The van der Waals surface area contributed by atoms with Crippen LogP contribution in [0.3, 0.4) is 0 Å². The lowest BCUT2D eigenvalue weighted by atomic mass is 10.0. The Hall–Kier alpha value is -5.11. The molecule has 0 spiro atoms. The van der Waals surface area contributed by atoms with E-state index in [9.17, 15) is 14.4 Å². The number of benzene rings is 5. The standard InChI is InChI=1S/C36H26Cl2N2O5/c1-22-10-11-23-6-2-4-8-29(23)31(22)21-45-33-9-5-3-7-24(33)18-30-34(41)39-36(43)40(35(30)42)27-14-16-28(17-15-27)44-20-25-12-13-26(37)19-32(25)38/h2-19H,20-21H2,1H3,(H,39,41,43)/b30-18+. The van der Waals surface area contributed by atoms with Crippen LogP contribution >= 0.6 is 23.2 Å². The molecule has 9 heteroatoms. The summed E-state index contributed by atoms with van der Waals surface area (Å²) in [5, 5.41) is 5.47. The number of fused-ring (bicyclic) bond motifs is 1. The number of barbiturate groups is 1. The molecule has 0 aliphatic carbocycles. The SMILES string of the molecule is Cc1ccc2ccccc2c1COc1ccccc1/C=C1\C(=O)NC(=O)N(c2ccc(OCc3ccc(Cl)cc3Cl)cc2)C1=O. The number of carbonyl (C=O) groups is 3. The molecule has 45 heavy (non-hydrogen) atoms. The summed E-state index contributed by atoms with van der Waals surface area (Å²) < 4.78 is 12.1. The van der Waals surface area contributed by atoms with Crippen LogP contribution in [0.2, 0.25) is 10.0 Å². The fraction of sp³-hybridized carbons (Fsp3) is 0.0833. The molecule has 0 aromatic heterocycles. The summed E-state index contributed by atoms with van der Waals surface area (Å²) >= 11 is 12.2. The molecule has 7 nitrogen and oxygen atoms in total. The van der Waals surface area contributed by atoms with Gasteiger partial charge in [-0.05, 0) is 71.8 Å². The molecule has 224 valence electrons. The second-order valence-corrected chi connectivity index (χ2v) is 11.2. The number of urea groups is 1. The minimum absolute atomic E-state index is 0.196. The van der Waals surface area contributed by atoms with Gasteiger partial charge in [-0.2, -0.15) is 0 Å². The van der Waals surface area contributed by atoms with Crippen molar-refractivity contribution in [3.63, 3.8) is 0 Å². The van der Waals surface area contributed by atoms with Crippen molar-refractivity contribution in [3.05, 3.63) is 141 Å². The van der Waals surface area contributed by atoms with E-state index in [0.29, 0.717) is 27.1 Å². The molecule has 0 radical (unpaired) electrons. The maximum absolute atomic E-state index is 13.6. The zero-order chi connectivity index (χ0) is 31.5. The second kappa shape index (κ2) is 12.9. The molecule has 1 fully saturated rings. The van der Waals surface area contributed by atoms with Crippen LogP contribution in [0.4, 0.5) is 10.5 Å². The second-order valence-electron chi connectivity index (χ2n) is 10.4. The monoisotopic (exact) mass is 636 g/mol. The molecule has 1 aliphatic rings. The number of anilines is 1. The van der Waals surface area contributed by atoms with E-state index in [0.717, 1.165) is 32.4 Å². The quantitative estimate of drug-likeness (QED) is 0.137. The van der Waals surface area contributed by atoms with Gasteiger partial charge in [0, 0.05) is 26.7 Å². The molecule has 1 heterocycles. The van der Waals surface area contributed by atoms with Crippen LogP contribution in [0.25, 0.3) is 16.8 Å². The first-order chi connectivity index (χ1) is 21.8. The van der Waals surface area contributed by atoms with Gasteiger partial charge in [0.25, 0.3) is 11.8 Å². The van der Waals surface area contributed by atoms with E-state index >= 15 is 0 Å². The van der Waals surface area contributed by atoms with Crippen LogP contribution in [-0.4, -0.2) is 17.8 Å². The van der Waals surface area contributed by atoms with Gasteiger partial charge in [0.1, 0.15) is 30.3 Å². The van der Waals surface area contributed by atoms with Crippen LogP contribution in [0.1, 0.15) is 22.3 Å². The normalized spacial score (nSPS) is 14.2. The molecule has 0 saturated carbocycles. The van der Waals surface area contributed by atoms with Gasteiger partial charge in [0.05, 0.1) is 5.69 Å². The Morgan fingerprint density at radius 1 is 0.800 bits per heavy atom. The molecule has 5 aromatic carbocycles. The molecule has 1 aliphatic heterocycles. The van der Waals surface area contributed by atoms with E-state index in [1.54, 1.807) is 60.7 Å². The number of rotatable bonds is 8. The number of carbonyl (C=O) groups excluding carboxylic acids is 3. The Bertz CT molecular complexity index is 1990. The zero-order valence-electron chi connectivity index (χ0n) is 24.1. The maximum atomic E-state index is 13.6. The number of imide groups is 2. The molecule has 0 unspecified atom stereocenters. The first kappa shape index (κ1) is 29.9. The van der Waals surface area contributed by atoms with Crippen molar-refractivity contribution in [3.8, 4) is 11.5 Å². The van der Waals surface area contributed by atoms with Gasteiger partial charge >= 0.3 is 6.03 Å². The third kappa shape index (κ3) is 6.41. The highest BCUT2D eigenvalue weighted by Gasteiger charge is 2.37. The van der Waals surface area contributed by atoms with Gasteiger partial charge in [0.2, 0.25) is 0 Å². The minimum atomic E-state index is -0.847. The summed E-state index contributed by atoms with van der Waals surface area (Å²) in [6.07, 6.45) is 1.44. The van der Waals surface area contributed by atoms with Gasteiger partial charge in [-0.15, -0.1) is 0 Å². The van der Waals surface area contributed by atoms with E-state index in [1.807, 2.05) is 25.1 Å². The number of hydrogen-bond donors (Lipinski definition) is 1. The van der Waals surface area contributed by atoms with Crippen molar-refractivity contribution in [1.29, 1.82) is 0 Å². The summed E-state index contributed by atoms with van der Waals surface area (Å²) in [4.78, 5) is 40.2. The molecule has 0 atom stereocenters. The van der Waals surface area contributed by atoms with Crippen molar-refractivity contribution in [2.45, 2.75) is 20.1 Å². The van der Waals surface area contributed by atoms with Gasteiger partial charge in [-0.3, -0.25) is 14.9 Å². The molecule has 1 N–H and O–H groups in total. The number of halogens is 2. The highest BCUT2D eigenvalue weighted by atomic mass is 35.5. The number of ether oxygens (including phenoxy) is 2. The van der Waals surface area contributed by atoms with Crippen LogP contribution < -0.4 is 19.7 Å². The van der Waals surface area contributed by atoms with E-state index in [2.05, 4.69) is 29.6 Å². The lowest BCUT2D eigenvalue weighted by Crippen LogP contribution is -2.54. The smallest absolute Gasteiger partial charge is 0.335 e. The Kier molecular flexibility index (Phi) is 8.56. The third-order valence-electron chi connectivity index (χ3n) is 7.47. The summed E-state index contributed by atoms with van der Waals surface area (Å²) in [5.74, 6) is -0.566. The van der Waals surface area contributed by atoms with Crippen LogP contribution in [0.15, 0.2) is 109 Å². The van der Waals surface area contributed by atoms with Crippen molar-refractivity contribution in [2.24, 2.45) is 0 Å². The summed E-state index contributed by atoms with van der Waals surface area (Å²) in [7, 11) is 0. The van der Waals surface area contributed by atoms with Crippen LogP contribution in [0.5, 0.6) is 11.5 Å². The number of aryl methyl sites for hydroxylation is 1. The third-order valence-corrected chi connectivity index (χ3v) is 8.06. The van der Waals surface area contributed by atoms with Gasteiger partial charge in [0.15, 0.2) is 0 Å². The van der Waals surface area contributed by atoms with E-state index < -0.39 is 17.8 Å². The largest absolute Gasteiger partial charge is 0.489 e. The molecule has 4 amide bonds. The molecule has 1 saturated heterocycles. The predicted octanol–water partition coefficient (Wildman–Crippen LogP) is 8.28. The molecular weight excluding hydrogens is 611 g/mol. The first-order valence-corrected chi connectivity index (χ1v) is 14.8. The minimum Gasteiger partial charge on any atom is -0.489 e. The predicted molar refractivity (Wildman–Crippen MR) is 176 cm³/mol. The Morgan fingerprint density at radius 3 is 2.36 bits per heavy atom. The van der Waals surface area contributed by atoms with Gasteiger partial charge in [-0.1, -0.05) is 83.9 Å². The van der Waals surface area contributed by atoms with Crippen molar-refractivity contribution >= 4 is 63.6 Å². The van der Waals surface area contributed by atoms with Crippen molar-refractivity contribution in [2.75, 3.05) is 4.90 Å². The summed E-state index contributed by atoms with van der Waals surface area (Å²) in [5.41, 5.74) is 3.47. The molecule has 0 bridgehead atoms. The number of hydrogen-bond acceptors (Lipinski definition) is 5. The number of para-hydroxylation sites is 1. The first-order valence-electron chi connectivity index (χ1n) is 14.1. The fourth-order valence-electron chi connectivity index (χ4n) is 5.06. The van der Waals surface area contributed by atoms with E-state index in [1.165, 1.54) is 6.08 Å². The van der Waals surface area contributed by atoms with Crippen molar-refractivity contribution < 1.29 is 23.9 Å². The average Bonchev–Trinajstić information content (AvgIpc) is 3.03. The van der Waals surface area contributed by atoms with E-state index in [-0.39, 0.29) is 24.5 Å². The Labute approximate surface area is 269 Å². The summed E-state index contributed by atoms with van der Waals surface area (Å²) in [6.45, 7) is 2.52.